The highest BCUT2D eigenvalue weighted by molar-refractivity contribution is 5.76. The molecule has 142 valence electrons. The Balaban J connectivity index is 3.25. The molecule has 0 rings (SSSR count). The van der Waals surface area contributed by atoms with E-state index in [0.717, 1.165) is 12.8 Å². The fourth-order valence-electron chi connectivity index (χ4n) is 1.85. The zero-order valence-corrected chi connectivity index (χ0v) is 15.9. The van der Waals surface area contributed by atoms with Crippen molar-refractivity contribution in [1.29, 1.82) is 0 Å². The minimum atomic E-state index is 0.0732. The molecular weight excluding hydrogens is 308 g/mol. The molecule has 6 heteroatoms. The van der Waals surface area contributed by atoms with Gasteiger partial charge in [0.15, 0.2) is 0 Å². The molecule has 0 aromatic rings. The summed E-state index contributed by atoms with van der Waals surface area (Å²) >= 11 is 0. The Hall–Kier alpha value is -1.14. The standard InChI is InChI=1S/C18H36N2O4/c1-5-17(21)19-8-6-10-23-12-13-24-11-7-9-20-18(22)14-16(4)15(2)3/h15-16H,5-14H2,1-4H3,(H,19,21)(H,20,22). The van der Waals surface area contributed by atoms with Crippen LogP contribution in [0.15, 0.2) is 0 Å². The van der Waals surface area contributed by atoms with Crippen LogP contribution in [0.2, 0.25) is 0 Å². The lowest BCUT2D eigenvalue weighted by Crippen LogP contribution is -2.27. The van der Waals surface area contributed by atoms with E-state index in [4.69, 9.17) is 9.47 Å². The summed E-state index contributed by atoms with van der Waals surface area (Å²) in [6.07, 6.45) is 2.73. The number of amides is 2. The Morgan fingerprint density at radius 1 is 0.833 bits per heavy atom. The topological polar surface area (TPSA) is 76.7 Å². The smallest absolute Gasteiger partial charge is 0.220 e. The highest BCUT2D eigenvalue weighted by Gasteiger charge is 2.11. The Bertz CT molecular complexity index is 335. The summed E-state index contributed by atoms with van der Waals surface area (Å²) in [6, 6.07) is 0. The van der Waals surface area contributed by atoms with Crippen molar-refractivity contribution in [3.63, 3.8) is 0 Å². The average Bonchev–Trinajstić information content (AvgIpc) is 2.55. The molecule has 6 nitrogen and oxygen atoms in total. The second-order valence-corrected chi connectivity index (χ2v) is 6.41. The molecule has 2 amide bonds. The maximum absolute atomic E-state index is 11.7. The largest absolute Gasteiger partial charge is 0.379 e. The lowest BCUT2D eigenvalue weighted by molar-refractivity contribution is -0.122. The molecule has 0 aliphatic rings. The van der Waals surface area contributed by atoms with Gasteiger partial charge in [0.1, 0.15) is 0 Å². The Labute approximate surface area is 147 Å². The van der Waals surface area contributed by atoms with Crippen LogP contribution < -0.4 is 10.6 Å². The number of carbonyl (C=O) groups is 2. The van der Waals surface area contributed by atoms with E-state index in [9.17, 15) is 9.59 Å². The van der Waals surface area contributed by atoms with Crippen LogP contribution in [-0.2, 0) is 19.1 Å². The van der Waals surface area contributed by atoms with Crippen LogP contribution in [0.3, 0.4) is 0 Å². The van der Waals surface area contributed by atoms with Crippen LogP contribution >= 0.6 is 0 Å². The summed E-state index contributed by atoms with van der Waals surface area (Å²) in [6.45, 7) is 11.9. The van der Waals surface area contributed by atoms with E-state index in [2.05, 4.69) is 31.4 Å². The van der Waals surface area contributed by atoms with Crippen molar-refractivity contribution in [2.24, 2.45) is 11.8 Å². The first-order chi connectivity index (χ1) is 11.5. The summed E-state index contributed by atoms with van der Waals surface area (Å²) < 4.78 is 10.9. The molecule has 0 aromatic carbocycles. The molecular formula is C18H36N2O4. The van der Waals surface area contributed by atoms with Crippen LogP contribution in [0.25, 0.3) is 0 Å². The van der Waals surface area contributed by atoms with E-state index >= 15 is 0 Å². The van der Waals surface area contributed by atoms with E-state index in [1.54, 1.807) is 0 Å². The second-order valence-electron chi connectivity index (χ2n) is 6.41. The Morgan fingerprint density at radius 2 is 1.33 bits per heavy atom. The minimum absolute atomic E-state index is 0.0732. The summed E-state index contributed by atoms with van der Waals surface area (Å²) in [5.74, 6) is 1.13. The summed E-state index contributed by atoms with van der Waals surface area (Å²) in [4.78, 5) is 22.7. The number of hydrogen-bond acceptors (Lipinski definition) is 4. The molecule has 0 spiro atoms. The SMILES string of the molecule is CCC(=O)NCCCOCCOCCCNC(=O)CC(C)C(C)C. The predicted molar refractivity (Wildman–Crippen MR) is 95.8 cm³/mol. The van der Waals surface area contributed by atoms with Gasteiger partial charge < -0.3 is 20.1 Å². The maximum Gasteiger partial charge on any atom is 0.220 e. The van der Waals surface area contributed by atoms with Crippen LogP contribution in [-0.4, -0.2) is 51.3 Å². The maximum atomic E-state index is 11.7. The third-order valence-electron chi connectivity index (χ3n) is 3.91. The zero-order valence-electron chi connectivity index (χ0n) is 15.9. The van der Waals surface area contributed by atoms with Crippen molar-refractivity contribution >= 4 is 11.8 Å². The molecule has 0 bridgehead atoms. The monoisotopic (exact) mass is 344 g/mol. The van der Waals surface area contributed by atoms with E-state index < -0.39 is 0 Å². The fourth-order valence-corrected chi connectivity index (χ4v) is 1.85. The van der Waals surface area contributed by atoms with Crippen LogP contribution in [0.1, 0.15) is 53.4 Å². The molecule has 0 aliphatic heterocycles. The van der Waals surface area contributed by atoms with Gasteiger partial charge in [0.2, 0.25) is 11.8 Å². The lowest BCUT2D eigenvalue weighted by Gasteiger charge is -2.14. The first-order valence-electron chi connectivity index (χ1n) is 9.16. The van der Waals surface area contributed by atoms with Gasteiger partial charge in [-0.2, -0.15) is 0 Å². The van der Waals surface area contributed by atoms with Gasteiger partial charge in [0.05, 0.1) is 13.2 Å². The number of nitrogens with one attached hydrogen (secondary N) is 2. The van der Waals surface area contributed by atoms with E-state index in [1.807, 2.05) is 6.92 Å². The third-order valence-corrected chi connectivity index (χ3v) is 3.91. The fraction of sp³-hybridized carbons (Fsp3) is 0.889. The summed E-state index contributed by atoms with van der Waals surface area (Å²) in [5, 5.41) is 5.72. The van der Waals surface area contributed by atoms with Gasteiger partial charge in [-0.3, -0.25) is 9.59 Å². The van der Waals surface area contributed by atoms with Crippen molar-refractivity contribution in [2.75, 3.05) is 39.5 Å². The van der Waals surface area contributed by atoms with Gasteiger partial charge in [0, 0.05) is 39.1 Å². The average molecular weight is 344 g/mol. The molecule has 0 saturated carbocycles. The number of ether oxygens (including phenoxy) is 2. The Kier molecular flexibility index (Phi) is 14.7. The van der Waals surface area contributed by atoms with Gasteiger partial charge in [-0.05, 0) is 24.7 Å². The highest BCUT2D eigenvalue weighted by Crippen LogP contribution is 2.13. The number of carbonyl (C=O) groups excluding carboxylic acids is 2. The van der Waals surface area contributed by atoms with Gasteiger partial charge in [0.25, 0.3) is 0 Å². The lowest BCUT2D eigenvalue weighted by atomic mass is 9.94. The minimum Gasteiger partial charge on any atom is -0.379 e. The molecule has 0 heterocycles. The molecule has 0 aromatic heterocycles. The van der Waals surface area contributed by atoms with Crippen molar-refractivity contribution in [3.05, 3.63) is 0 Å². The van der Waals surface area contributed by atoms with E-state index in [1.165, 1.54) is 0 Å². The van der Waals surface area contributed by atoms with Gasteiger partial charge in [-0.25, -0.2) is 0 Å². The highest BCUT2D eigenvalue weighted by atomic mass is 16.5. The Morgan fingerprint density at radius 3 is 1.79 bits per heavy atom. The van der Waals surface area contributed by atoms with Gasteiger partial charge >= 0.3 is 0 Å². The van der Waals surface area contributed by atoms with E-state index in [-0.39, 0.29) is 11.8 Å². The van der Waals surface area contributed by atoms with Crippen molar-refractivity contribution in [1.82, 2.24) is 10.6 Å². The van der Waals surface area contributed by atoms with Gasteiger partial charge in [-0.15, -0.1) is 0 Å². The first kappa shape index (κ1) is 22.9. The summed E-state index contributed by atoms with van der Waals surface area (Å²) in [7, 11) is 0. The summed E-state index contributed by atoms with van der Waals surface area (Å²) in [5.41, 5.74) is 0. The molecule has 0 fully saturated rings. The van der Waals surface area contributed by atoms with Crippen molar-refractivity contribution < 1.29 is 19.1 Å². The molecule has 1 atom stereocenters. The molecule has 0 aliphatic carbocycles. The quantitative estimate of drug-likeness (QED) is 0.446. The first-order valence-corrected chi connectivity index (χ1v) is 9.16. The predicted octanol–water partition coefficient (Wildman–Crippen LogP) is 2.12. The number of hydrogen-bond donors (Lipinski definition) is 2. The second kappa shape index (κ2) is 15.4. The molecule has 0 saturated heterocycles. The van der Waals surface area contributed by atoms with E-state index in [0.29, 0.717) is 64.2 Å². The van der Waals surface area contributed by atoms with Gasteiger partial charge in [-0.1, -0.05) is 27.7 Å². The molecule has 1 unspecified atom stereocenters. The zero-order chi connectivity index (χ0) is 18.2. The van der Waals surface area contributed by atoms with Crippen molar-refractivity contribution in [3.8, 4) is 0 Å². The van der Waals surface area contributed by atoms with Crippen molar-refractivity contribution in [2.45, 2.75) is 53.4 Å². The molecule has 0 radical (unpaired) electrons. The van der Waals surface area contributed by atoms with Crippen LogP contribution in [0.4, 0.5) is 0 Å². The van der Waals surface area contributed by atoms with Crippen LogP contribution in [0, 0.1) is 11.8 Å². The number of rotatable bonds is 15. The normalized spacial score (nSPS) is 12.2. The molecule has 2 N–H and O–H groups in total. The van der Waals surface area contributed by atoms with Crippen LogP contribution in [0.5, 0.6) is 0 Å². The third kappa shape index (κ3) is 14.5. The molecule has 24 heavy (non-hydrogen) atoms.